The van der Waals surface area contributed by atoms with Crippen molar-refractivity contribution < 1.29 is 9.47 Å². The van der Waals surface area contributed by atoms with Crippen LogP contribution in [0.25, 0.3) is 0 Å². The predicted molar refractivity (Wildman–Crippen MR) is 82.8 cm³/mol. The van der Waals surface area contributed by atoms with Gasteiger partial charge in [0.25, 0.3) is 0 Å². The van der Waals surface area contributed by atoms with E-state index in [4.69, 9.17) is 14.7 Å². The van der Waals surface area contributed by atoms with Crippen LogP contribution in [0.1, 0.15) is 11.3 Å². The van der Waals surface area contributed by atoms with E-state index in [0.717, 1.165) is 43.4 Å². The Bertz CT molecular complexity index is 641. The van der Waals surface area contributed by atoms with Gasteiger partial charge in [-0.2, -0.15) is 5.26 Å². The topological polar surface area (TPSA) is 58.4 Å². The highest BCUT2D eigenvalue weighted by molar-refractivity contribution is 5.44. The summed E-state index contributed by atoms with van der Waals surface area (Å²) in [4.78, 5) is 6.71. The number of pyridine rings is 1. The summed E-state index contributed by atoms with van der Waals surface area (Å²) in [5.74, 6) is 0.734. The Morgan fingerprint density at radius 1 is 1.14 bits per heavy atom. The average Bonchev–Trinajstić information content (AvgIpc) is 2.61. The van der Waals surface area contributed by atoms with Crippen LogP contribution in [-0.4, -0.2) is 31.3 Å². The van der Waals surface area contributed by atoms with E-state index in [2.05, 4.69) is 22.0 Å². The van der Waals surface area contributed by atoms with E-state index in [1.165, 1.54) is 0 Å². The molecule has 0 aliphatic carbocycles. The summed E-state index contributed by atoms with van der Waals surface area (Å²) in [6.45, 7) is 3.76. The monoisotopic (exact) mass is 295 g/mol. The first-order valence-electron chi connectivity index (χ1n) is 7.26. The van der Waals surface area contributed by atoms with Gasteiger partial charge in [0.05, 0.1) is 42.4 Å². The molecule has 1 fully saturated rings. The molecule has 0 radical (unpaired) electrons. The van der Waals surface area contributed by atoms with Gasteiger partial charge in [-0.05, 0) is 36.4 Å². The standard InChI is InChI=1S/C17H17N3O2/c18-11-14-1-5-17(6-2-14)22-13-15-3-4-16(12-19-15)20-7-9-21-10-8-20/h1-6,12H,7-10,13H2. The molecule has 0 bridgehead atoms. The highest BCUT2D eigenvalue weighted by Crippen LogP contribution is 2.16. The summed E-state index contributed by atoms with van der Waals surface area (Å²) in [6.07, 6.45) is 1.88. The van der Waals surface area contributed by atoms with Gasteiger partial charge >= 0.3 is 0 Å². The average molecular weight is 295 g/mol. The first-order chi connectivity index (χ1) is 10.8. The Morgan fingerprint density at radius 3 is 2.55 bits per heavy atom. The van der Waals surface area contributed by atoms with Gasteiger partial charge in [-0.25, -0.2) is 0 Å². The molecule has 3 rings (SSSR count). The predicted octanol–water partition coefficient (Wildman–Crippen LogP) is 2.37. The van der Waals surface area contributed by atoms with Gasteiger partial charge in [0.15, 0.2) is 0 Å². The molecule has 0 saturated carbocycles. The summed E-state index contributed by atoms with van der Waals surface area (Å²) in [7, 11) is 0. The van der Waals surface area contributed by atoms with Crippen molar-refractivity contribution >= 4 is 5.69 Å². The van der Waals surface area contributed by atoms with E-state index in [9.17, 15) is 0 Å². The fourth-order valence-corrected chi connectivity index (χ4v) is 2.29. The van der Waals surface area contributed by atoms with E-state index >= 15 is 0 Å². The number of morpholine rings is 1. The lowest BCUT2D eigenvalue weighted by molar-refractivity contribution is 0.122. The molecule has 2 aromatic rings. The third-order valence-electron chi connectivity index (χ3n) is 3.56. The molecule has 0 unspecified atom stereocenters. The van der Waals surface area contributed by atoms with Crippen LogP contribution in [0, 0.1) is 11.3 Å². The van der Waals surface area contributed by atoms with Crippen molar-refractivity contribution in [3.63, 3.8) is 0 Å². The lowest BCUT2D eigenvalue weighted by Crippen LogP contribution is -2.36. The number of hydrogen-bond donors (Lipinski definition) is 0. The molecule has 1 aromatic carbocycles. The Kier molecular flexibility index (Phi) is 4.52. The third kappa shape index (κ3) is 3.54. The fourth-order valence-electron chi connectivity index (χ4n) is 2.29. The molecule has 2 heterocycles. The van der Waals surface area contributed by atoms with Gasteiger partial charge < -0.3 is 14.4 Å². The van der Waals surface area contributed by atoms with Gasteiger partial charge in [-0.3, -0.25) is 4.98 Å². The summed E-state index contributed by atoms with van der Waals surface area (Å²) in [5, 5.41) is 8.76. The van der Waals surface area contributed by atoms with E-state index in [-0.39, 0.29) is 0 Å². The first-order valence-corrected chi connectivity index (χ1v) is 7.26. The van der Waals surface area contributed by atoms with Crippen molar-refractivity contribution in [2.75, 3.05) is 31.2 Å². The van der Waals surface area contributed by atoms with Crippen LogP contribution in [0.15, 0.2) is 42.6 Å². The summed E-state index contributed by atoms with van der Waals surface area (Å²) >= 11 is 0. The molecule has 1 aliphatic rings. The maximum absolute atomic E-state index is 8.76. The number of rotatable bonds is 4. The molecule has 0 N–H and O–H groups in total. The van der Waals surface area contributed by atoms with Crippen LogP contribution in [0.5, 0.6) is 5.75 Å². The highest BCUT2D eigenvalue weighted by Gasteiger charge is 2.11. The molecule has 1 saturated heterocycles. The van der Waals surface area contributed by atoms with E-state index in [0.29, 0.717) is 12.2 Å². The molecule has 0 amide bonds. The van der Waals surface area contributed by atoms with Crippen molar-refractivity contribution in [2.45, 2.75) is 6.61 Å². The maximum atomic E-state index is 8.76. The zero-order chi connectivity index (χ0) is 15.2. The summed E-state index contributed by atoms with van der Waals surface area (Å²) < 4.78 is 11.0. The number of nitriles is 1. The third-order valence-corrected chi connectivity index (χ3v) is 3.56. The van der Waals surface area contributed by atoms with Crippen LogP contribution in [-0.2, 0) is 11.3 Å². The molecule has 1 aliphatic heterocycles. The zero-order valence-corrected chi connectivity index (χ0v) is 12.2. The molecule has 0 spiro atoms. The van der Waals surface area contributed by atoms with Crippen LogP contribution < -0.4 is 9.64 Å². The Balaban J connectivity index is 1.57. The SMILES string of the molecule is N#Cc1ccc(OCc2ccc(N3CCOCC3)cn2)cc1. The van der Waals surface area contributed by atoms with E-state index < -0.39 is 0 Å². The zero-order valence-electron chi connectivity index (χ0n) is 12.2. The van der Waals surface area contributed by atoms with Crippen molar-refractivity contribution in [2.24, 2.45) is 0 Å². The van der Waals surface area contributed by atoms with Gasteiger partial charge in [0.2, 0.25) is 0 Å². The molecule has 5 heteroatoms. The Morgan fingerprint density at radius 2 is 1.91 bits per heavy atom. The largest absolute Gasteiger partial charge is 0.487 e. The van der Waals surface area contributed by atoms with Gasteiger partial charge in [0, 0.05) is 13.1 Å². The van der Waals surface area contributed by atoms with E-state index in [1.807, 2.05) is 12.3 Å². The van der Waals surface area contributed by atoms with Gasteiger partial charge in [0.1, 0.15) is 12.4 Å². The van der Waals surface area contributed by atoms with Crippen molar-refractivity contribution in [3.8, 4) is 11.8 Å². The molecule has 0 atom stereocenters. The fraction of sp³-hybridized carbons (Fsp3) is 0.294. The molecule has 22 heavy (non-hydrogen) atoms. The molecule has 1 aromatic heterocycles. The smallest absolute Gasteiger partial charge is 0.130 e. The van der Waals surface area contributed by atoms with Crippen LogP contribution in [0.2, 0.25) is 0 Å². The van der Waals surface area contributed by atoms with Crippen molar-refractivity contribution in [1.29, 1.82) is 5.26 Å². The maximum Gasteiger partial charge on any atom is 0.130 e. The number of anilines is 1. The number of aromatic nitrogens is 1. The summed E-state index contributed by atoms with van der Waals surface area (Å²) in [6, 6.07) is 13.2. The molecule has 5 nitrogen and oxygen atoms in total. The van der Waals surface area contributed by atoms with Crippen molar-refractivity contribution in [1.82, 2.24) is 4.98 Å². The van der Waals surface area contributed by atoms with Gasteiger partial charge in [-0.15, -0.1) is 0 Å². The normalized spacial score (nSPS) is 14.4. The first kappa shape index (κ1) is 14.4. The number of nitrogens with zero attached hydrogens (tertiary/aromatic N) is 3. The second-order valence-corrected chi connectivity index (χ2v) is 5.03. The molecule has 112 valence electrons. The Labute approximate surface area is 129 Å². The lowest BCUT2D eigenvalue weighted by Gasteiger charge is -2.28. The minimum absolute atomic E-state index is 0.412. The number of ether oxygens (including phenoxy) is 2. The molecular weight excluding hydrogens is 278 g/mol. The number of benzene rings is 1. The summed E-state index contributed by atoms with van der Waals surface area (Å²) in [5.41, 5.74) is 2.62. The van der Waals surface area contributed by atoms with Crippen LogP contribution >= 0.6 is 0 Å². The van der Waals surface area contributed by atoms with E-state index in [1.54, 1.807) is 24.3 Å². The second kappa shape index (κ2) is 6.92. The second-order valence-electron chi connectivity index (χ2n) is 5.03. The highest BCUT2D eigenvalue weighted by atomic mass is 16.5. The Hall–Kier alpha value is -2.58. The lowest BCUT2D eigenvalue weighted by atomic mass is 10.2. The van der Waals surface area contributed by atoms with Gasteiger partial charge in [-0.1, -0.05) is 0 Å². The van der Waals surface area contributed by atoms with Crippen LogP contribution in [0.3, 0.4) is 0 Å². The molecular formula is C17H17N3O2. The quantitative estimate of drug-likeness (QED) is 0.866. The van der Waals surface area contributed by atoms with Crippen molar-refractivity contribution in [3.05, 3.63) is 53.9 Å². The number of hydrogen-bond acceptors (Lipinski definition) is 5. The minimum Gasteiger partial charge on any atom is -0.487 e. The minimum atomic E-state index is 0.412. The van der Waals surface area contributed by atoms with Crippen LogP contribution in [0.4, 0.5) is 5.69 Å².